The lowest BCUT2D eigenvalue weighted by atomic mass is 10.2. The van der Waals surface area contributed by atoms with Crippen molar-refractivity contribution in [1.29, 1.82) is 0 Å². The highest BCUT2D eigenvalue weighted by atomic mass is 35.5. The Bertz CT molecular complexity index is 1330. The zero-order valence-electron chi connectivity index (χ0n) is 15.8. The van der Waals surface area contributed by atoms with Crippen LogP contribution in [0.5, 0.6) is 5.75 Å². The van der Waals surface area contributed by atoms with Crippen molar-refractivity contribution in [2.45, 2.75) is 11.8 Å². The highest BCUT2D eigenvalue weighted by molar-refractivity contribution is 7.92. The van der Waals surface area contributed by atoms with Crippen LogP contribution < -0.4 is 9.46 Å². The molecule has 11 heteroatoms. The topological polar surface area (TPSA) is 104 Å². The standard InChI is InChI=1S/C18H17ClN6O3S/c1-11-14-9-20-18(19)7-16(14)25(22-11)15-5-4-12(6-17(15)28-3)23-29(26,27)13-8-21-24(2)10-13/h4-10,23H,1-3H3. The summed E-state index contributed by atoms with van der Waals surface area (Å²) >= 11 is 6.05. The Morgan fingerprint density at radius 2 is 2.00 bits per heavy atom. The van der Waals surface area contributed by atoms with Gasteiger partial charge in [0.05, 0.1) is 30.2 Å². The minimum absolute atomic E-state index is 0.0684. The minimum Gasteiger partial charge on any atom is -0.494 e. The van der Waals surface area contributed by atoms with Crippen molar-refractivity contribution in [3.05, 3.63) is 53.7 Å². The molecule has 0 unspecified atom stereocenters. The van der Waals surface area contributed by atoms with Crippen LogP contribution in [0, 0.1) is 6.92 Å². The molecule has 0 aliphatic heterocycles. The highest BCUT2D eigenvalue weighted by Crippen LogP contribution is 2.31. The summed E-state index contributed by atoms with van der Waals surface area (Å²) in [4.78, 5) is 4.17. The smallest absolute Gasteiger partial charge is 0.265 e. The zero-order chi connectivity index (χ0) is 20.8. The van der Waals surface area contributed by atoms with Crippen LogP contribution >= 0.6 is 11.6 Å². The molecule has 29 heavy (non-hydrogen) atoms. The molecule has 0 fully saturated rings. The average molecular weight is 433 g/mol. The summed E-state index contributed by atoms with van der Waals surface area (Å²) in [6.45, 7) is 1.87. The van der Waals surface area contributed by atoms with Crippen molar-refractivity contribution in [2.24, 2.45) is 7.05 Å². The van der Waals surface area contributed by atoms with Gasteiger partial charge in [-0.1, -0.05) is 11.6 Å². The van der Waals surface area contributed by atoms with Crippen LogP contribution in [0.15, 0.2) is 47.8 Å². The van der Waals surface area contributed by atoms with Crippen LogP contribution in [0.4, 0.5) is 5.69 Å². The molecule has 0 amide bonds. The molecule has 4 aromatic rings. The third-order valence-electron chi connectivity index (χ3n) is 4.37. The molecule has 0 radical (unpaired) electrons. The summed E-state index contributed by atoms with van der Waals surface area (Å²) in [6.07, 6.45) is 4.37. The molecule has 150 valence electrons. The van der Waals surface area contributed by atoms with Gasteiger partial charge in [0.2, 0.25) is 0 Å². The van der Waals surface area contributed by atoms with Crippen molar-refractivity contribution in [3.63, 3.8) is 0 Å². The fraction of sp³-hybridized carbons (Fsp3) is 0.167. The van der Waals surface area contributed by atoms with Crippen LogP contribution in [0.1, 0.15) is 5.69 Å². The van der Waals surface area contributed by atoms with E-state index in [1.165, 1.54) is 24.2 Å². The lowest BCUT2D eigenvalue weighted by Crippen LogP contribution is -2.12. The monoisotopic (exact) mass is 432 g/mol. The number of nitrogens with zero attached hydrogens (tertiary/aromatic N) is 5. The summed E-state index contributed by atoms with van der Waals surface area (Å²) in [5.74, 6) is 0.439. The Labute approximate surface area is 171 Å². The summed E-state index contributed by atoms with van der Waals surface area (Å²) in [6, 6.07) is 6.67. The Hall–Kier alpha value is -3.11. The molecule has 1 N–H and O–H groups in total. The van der Waals surface area contributed by atoms with Crippen molar-refractivity contribution in [1.82, 2.24) is 24.5 Å². The van der Waals surface area contributed by atoms with Crippen molar-refractivity contribution in [3.8, 4) is 11.4 Å². The molecule has 0 aliphatic carbocycles. The third kappa shape index (κ3) is 3.52. The van der Waals surface area contributed by atoms with Gasteiger partial charge in [-0.15, -0.1) is 0 Å². The quantitative estimate of drug-likeness (QED) is 0.486. The van der Waals surface area contributed by atoms with Crippen LogP contribution in [0.2, 0.25) is 5.15 Å². The number of anilines is 1. The van der Waals surface area contributed by atoms with Crippen molar-refractivity contribution in [2.75, 3.05) is 11.8 Å². The second-order valence-corrected chi connectivity index (χ2v) is 8.43. The molecule has 0 aliphatic rings. The fourth-order valence-electron chi connectivity index (χ4n) is 2.98. The summed E-state index contributed by atoms with van der Waals surface area (Å²) in [5, 5.41) is 9.65. The van der Waals surface area contributed by atoms with Crippen LogP contribution in [-0.2, 0) is 17.1 Å². The van der Waals surface area contributed by atoms with Gasteiger partial charge in [-0.05, 0) is 19.1 Å². The van der Waals surface area contributed by atoms with Gasteiger partial charge in [-0.2, -0.15) is 10.2 Å². The first-order chi connectivity index (χ1) is 13.8. The lowest BCUT2D eigenvalue weighted by molar-refractivity contribution is 0.412. The number of benzene rings is 1. The summed E-state index contributed by atoms with van der Waals surface area (Å²) < 4.78 is 36.2. The van der Waals surface area contributed by atoms with E-state index in [9.17, 15) is 8.42 Å². The van der Waals surface area contributed by atoms with E-state index >= 15 is 0 Å². The van der Waals surface area contributed by atoms with Crippen molar-refractivity contribution < 1.29 is 13.2 Å². The first-order valence-corrected chi connectivity index (χ1v) is 10.4. The number of halogens is 1. The van der Waals surface area contributed by atoms with E-state index in [4.69, 9.17) is 16.3 Å². The van der Waals surface area contributed by atoms with Gasteiger partial charge < -0.3 is 4.74 Å². The molecular weight excluding hydrogens is 416 g/mol. The van der Waals surface area contributed by atoms with Gasteiger partial charge in [-0.25, -0.2) is 18.1 Å². The van der Waals surface area contributed by atoms with Crippen LogP contribution in [0.25, 0.3) is 16.6 Å². The first kappa shape index (κ1) is 19.2. The normalized spacial score (nSPS) is 11.7. The number of hydrogen-bond acceptors (Lipinski definition) is 6. The number of aryl methyl sites for hydroxylation is 2. The number of hydrogen-bond donors (Lipinski definition) is 1. The molecule has 0 saturated carbocycles. The van der Waals surface area contributed by atoms with Crippen LogP contribution in [0.3, 0.4) is 0 Å². The maximum absolute atomic E-state index is 12.5. The molecule has 0 saturated heterocycles. The second kappa shape index (κ2) is 7.05. The maximum atomic E-state index is 12.5. The van der Waals surface area contributed by atoms with Crippen LogP contribution in [-0.4, -0.2) is 40.1 Å². The second-order valence-electron chi connectivity index (χ2n) is 6.36. The summed E-state index contributed by atoms with van der Waals surface area (Å²) in [5.41, 5.74) is 2.54. The predicted molar refractivity (Wildman–Crippen MR) is 109 cm³/mol. The number of nitrogens with one attached hydrogen (secondary N) is 1. The third-order valence-corrected chi connectivity index (χ3v) is 5.91. The Morgan fingerprint density at radius 3 is 2.69 bits per heavy atom. The number of sulfonamides is 1. The number of methoxy groups -OCH3 is 1. The van der Waals surface area contributed by atoms with E-state index in [-0.39, 0.29) is 4.90 Å². The fourth-order valence-corrected chi connectivity index (χ4v) is 4.17. The Morgan fingerprint density at radius 1 is 1.21 bits per heavy atom. The Balaban J connectivity index is 1.76. The highest BCUT2D eigenvalue weighted by Gasteiger charge is 2.19. The molecule has 3 heterocycles. The van der Waals surface area contributed by atoms with E-state index in [0.29, 0.717) is 22.3 Å². The molecule has 4 rings (SSSR count). The van der Waals surface area contributed by atoms with Gasteiger partial charge in [0.15, 0.2) is 0 Å². The Kier molecular flexibility index (Phi) is 4.67. The number of aromatic nitrogens is 5. The number of ether oxygens (including phenoxy) is 1. The largest absolute Gasteiger partial charge is 0.494 e. The predicted octanol–water partition coefficient (Wildman–Crippen LogP) is 2.93. The first-order valence-electron chi connectivity index (χ1n) is 8.49. The average Bonchev–Trinajstić information content (AvgIpc) is 3.25. The van der Waals surface area contributed by atoms with E-state index in [2.05, 4.69) is 19.9 Å². The molecule has 1 aromatic carbocycles. The van der Waals surface area contributed by atoms with Crippen molar-refractivity contribution >= 4 is 38.2 Å². The van der Waals surface area contributed by atoms with E-state index < -0.39 is 10.0 Å². The van der Waals surface area contributed by atoms with E-state index in [1.54, 1.807) is 42.2 Å². The number of pyridine rings is 1. The molecular formula is C18H17ClN6O3S. The van der Waals surface area contributed by atoms with Gasteiger partial charge in [0.25, 0.3) is 10.0 Å². The lowest BCUT2D eigenvalue weighted by Gasteiger charge is -2.13. The number of fused-ring (bicyclic) bond motifs is 1. The zero-order valence-corrected chi connectivity index (χ0v) is 17.4. The van der Waals surface area contributed by atoms with E-state index in [0.717, 1.165) is 16.6 Å². The summed E-state index contributed by atoms with van der Waals surface area (Å²) in [7, 11) is -0.615. The molecule has 0 atom stereocenters. The minimum atomic E-state index is -3.77. The molecule has 3 aromatic heterocycles. The van der Waals surface area contributed by atoms with Gasteiger partial charge in [0, 0.05) is 37.0 Å². The van der Waals surface area contributed by atoms with Gasteiger partial charge >= 0.3 is 0 Å². The molecule has 0 spiro atoms. The molecule has 0 bridgehead atoms. The van der Waals surface area contributed by atoms with Gasteiger partial charge in [-0.3, -0.25) is 9.40 Å². The maximum Gasteiger partial charge on any atom is 0.265 e. The van der Waals surface area contributed by atoms with E-state index in [1.807, 2.05) is 6.92 Å². The number of rotatable bonds is 5. The van der Waals surface area contributed by atoms with Gasteiger partial charge in [0.1, 0.15) is 21.5 Å². The molecule has 9 nitrogen and oxygen atoms in total. The SMILES string of the molecule is COc1cc(NS(=O)(=O)c2cnn(C)c2)ccc1-n1nc(C)c2cnc(Cl)cc21.